The number of aliphatic carboxylic acids is 1. The van der Waals surface area contributed by atoms with Gasteiger partial charge in [-0.3, -0.25) is 9.63 Å². The predicted octanol–water partition coefficient (Wildman–Crippen LogP) is -0.118. The minimum Gasteiger partial charge on any atom is -0.480 e. The van der Waals surface area contributed by atoms with E-state index in [1.54, 1.807) is 0 Å². The monoisotopic (exact) mass is 272 g/mol. The van der Waals surface area contributed by atoms with E-state index in [0.29, 0.717) is 6.42 Å². The number of hydroxylamine groups is 2. The second kappa shape index (κ2) is 5.04. The van der Waals surface area contributed by atoms with Crippen LogP contribution in [0.3, 0.4) is 0 Å². The number of carbonyl (C=O) groups is 3. The lowest BCUT2D eigenvalue weighted by Crippen LogP contribution is -2.45. The molecule has 2 N–H and O–H groups in total. The van der Waals surface area contributed by atoms with Crippen molar-refractivity contribution in [3.8, 4) is 0 Å². The first-order valence-electron chi connectivity index (χ1n) is 6.03. The quantitative estimate of drug-likeness (QED) is 0.742. The molecule has 1 unspecified atom stereocenters. The summed E-state index contributed by atoms with van der Waals surface area (Å²) in [5.74, 6) is -1.70. The lowest BCUT2D eigenvalue weighted by Gasteiger charge is -2.36. The van der Waals surface area contributed by atoms with Crippen LogP contribution in [0.5, 0.6) is 0 Å². The number of nitrogens with one attached hydrogen (secondary N) is 1. The van der Waals surface area contributed by atoms with Crippen LogP contribution in [0.1, 0.15) is 25.7 Å². The topological polar surface area (TPSA) is 105 Å². The van der Waals surface area contributed by atoms with E-state index in [4.69, 9.17) is 9.94 Å². The van der Waals surface area contributed by atoms with E-state index in [1.165, 1.54) is 7.11 Å². The van der Waals surface area contributed by atoms with E-state index in [2.05, 4.69) is 10.1 Å². The summed E-state index contributed by atoms with van der Waals surface area (Å²) in [7, 11) is 1.18. The van der Waals surface area contributed by atoms with Gasteiger partial charge in [-0.1, -0.05) is 0 Å². The maximum atomic E-state index is 11.9. The molecule has 0 aromatic carbocycles. The predicted molar refractivity (Wildman–Crippen MR) is 61.0 cm³/mol. The van der Waals surface area contributed by atoms with E-state index in [0.717, 1.165) is 24.3 Å². The maximum absolute atomic E-state index is 11.9. The van der Waals surface area contributed by atoms with Crippen molar-refractivity contribution in [3.05, 3.63) is 0 Å². The number of hydrogen-bond acceptors (Lipinski definition) is 5. The fourth-order valence-electron chi connectivity index (χ4n) is 2.32. The number of carboxylic acid groups (broad SMARTS) is 1. The maximum Gasteiger partial charge on any atom is 0.407 e. The molecule has 0 bridgehead atoms. The van der Waals surface area contributed by atoms with Crippen molar-refractivity contribution in [1.82, 2.24) is 10.4 Å². The Balaban J connectivity index is 1.98. The van der Waals surface area contributed by atoms with Gasteiger partial charge in [0, 0.05) is 6.42 Å². The highest BCUT2D eigenvalue weighted by Crippen LogP contribution is 2.45. The number of alkyl carbamates (subject to hydrolysis) is 1. The number of nitrogens with zero attached hydrogens (tertiary/aromatic N) is 1. The number of ether oxygens (including phenoxy) is 1. The molecule has 8 heteroatoms. The fraction of sp³-hybridized carbons (Fsp3) is 0.727. The largest absolute Gasteiger partial charge is 0.480 e. The summed E-state index contributed by atoms with van der Waals surface area (Å²) in [4.78, 5) is 39.4. The van der Waals surface area contributed by atoms with Gasteiger partial charge in [-0.2, -0.15) is 0 Å². The van der Waals surface area contributed by atoms with E-state index in [-0.39, 0.29) is 6.54 Å². The first kappa shape index (κ1) is 13.6. The summed E-state index contributed by atoms with van der Waals surface area (Å²) in [6.45, 7) is -0.355. The van der Waals surface area contributed by atoms with E-state index < -0.39 is 29.6 Å². The zero-order chi connectivity index (χ0) is 14.0. The summed E-state index contributed by atoms with van der Waals surface area (Å²) >= 11 is 0. The van der Waals surface area contributed by atoms with Gasteiger partial charge in [0.15, 0.2) is 6.04 Å². The molecule has 1 aliphatic heterocycles. The molecule has 1 heterocycles. The second-order valence-corrected chi connectivity index (χ2v) is 4.75. The first-order valence-corrected chi connectivity index (χ1v) is 6.03. The third-order valence-electron chi connectivity index (χ3n) is 3.51. The van der Waals surface area contributed by atoms with Crippen LogP contribution in [0.15, 0.2) is 0 Å². The highest BCUT2D eigenvalue weighted by molar-refractivity contribution is 5.86. The summed E-state index contributed by atoms with van der Waals surface area (Å²) < 4.78 is 4.33. The van der Waals surface area contributed by atoms with Crippen LogP contribution >= 0.6 is 0 Å². The molecule has 106 valence electrons. The molecule has 1 saturated heterocycles. The molecule has 19 heavy (non-hydrogen) atoms. The fourth-order valence-corrected chi connectivity index (χ4v) is 2.32. The van der Waals surface area contributed by atoms with Crippen LogP contribution in [0.2, 0.25) is 0 Å². The van der Waals surface area contributed by atoms with Crippen molar-refractivity contribution in [2.24, 2.45) is 0 Å². The number of carboxylic acids is 1. The van der Waals surface area contributed by atoms with Crippen molar-refractivity contribution in [2.45, 2.75) is 37.3 Å². The highest BCUT2D eigenvalue weighted by atomic mass is 16.7. The van der Waals surface area contributed by atoms with Crippen LogP contribution in [0, 0.1) is 0 Å². The SMILES string of the molecule is COC(=O)NCC(=O)N1OC2(CCC2)CC1C(=O)O. The van der Waals surface area contributed by atoms with Gasteiger partial charge in [-0.05, 0) is 19.3 Å². The molecule has 2 aliphatic rings. The average molecular weight is 272 g/mol. The van der Waals surface area contributed by atoms with Crippen molar-refractivity contribution >= 4 is 18.0 Å². The van der Waals surface area contributed by atoms with Crippen LogP contribution in [0.25, 0.3) is 0 Å². The van der Waals surface area contributed by atoms with Crippen LogP contribution in [-0.4, -0.2) is 53.4 Å². The molecule has 8 nitrogen and oxygen atoms in total. The summed E-state index contributed by atoms with van der Waals surface area (Å²) in [6.07, 6.45) is 2.02. The van der Waals surface area contributed by atoms with Gasteiger partial charge in [-0.15, -0.1) is 0 Å². The molecule has 1 spiro atoms. The molecule has 0 aromatic rings. The first-order chi connectivity index (χ1) is 8.97. The normalized spacial score (nSPS) is 23.8. The molecule has 0 aromatic heterocycles. The molecule has 2 amide bonds. The Kier molecular flexibility index (Phi) is 3.61. The van der Waals surface area contributed by atoms with Crippen molar-refractivity contribution in [3.63, 3.8) is 0 Å². The smallest absolute Gasteiger partial charge is 0.407 e. The van der Waals surface area contributed by atoms with Gasteiger partial charge >= 0.3 is 12.1 Å². The molecule has 1 aliphatic carbocycles. The number of amides is 2. The molecular weight excluding hydrogens is 256 g/mol. The molecular formula is C11H16N2O6. The van der Waals surface area contributed by atoms with Gasteiger partial charge in [0.05, 0.1) is 12.7 Å². The highest BCUT2D eigenvalue weighted by Gasteiger charge is 2.53. The molecule has 1 atom stereocenters. The van der Waals surface area contributed by atoms with Gasteiger partial charge in [0.2, 0.25) is 0 Å². The Morgan fingerprint density at radius 3 is 2.63 bits per heavy atom. The van der Waals surface area contributed by atoms with Crippen molar-refractivity contribution < 1.29 is 29.1 Å². The summed E-state index contributed by atoms with van der Waals surface area (Å²) in [5.41, 5.74) is -0.510. The summed E-state index contributed by atoms with van der Waals surface area (Å²) in [5, 5.41) is 12.2. The summed E-state index contributed by atoms with van der Waals surface area (Å²) in [6, 6.07) is -0.993. The molecule has 2 rings (SSSR count). The van der Waals surface area contributed by atoms with Gasteiger partial charge < -0.3 is 15.2 Å². The average Bonchev–Trinajstić information content (AvgIpc) is 2.76. The molecule has 2 fully saturated rings. The Bertz CT molecular complexity index is 406. The Labute approximate surface area is 109 Å². The Hall–Kier alpha value is -1.83. The lowest BCUT2D eigenvalue weighted by molar-refractivity contribution is -0.227. The number of rotatable bonds is 3. The minimum atomic E-state index is -1.10. The standard InChI is InChI=1S/C11H16N2O6/c1-18-10(17)12-6-8(14)13-7(9(15)16)5-11(19-13)3-2-4-11/h7H,2-6H2,1H3,(H,12,17)(H,15,16). The number of hydrogen-bond donors (Lipinski definition) is 2. The van der Waals surface area contributed by atoms with Crippen LogP contribution in [-0.2, 0) is 19.2 Å². The second-order valence-electron chi connectivity index (χ2n) is 4.75. The minimum absolute atomic E-state index is 0.298. The lowest BCUT2D eigenvalue weighted by atomic mass is 9.77. The zero-order valence-corrected chi connectivity index (χ0v) is 10.5. The number of methoxy groups -OCH3 is 1. The van der Waals surface area contributed by atoms with E-state index >= 15 is 0 Å². The third kappa shape index (κ3) is 2.62. The van der Waals surface area contributed by atoms with E-state index in [9.17, 15) is 14.4 Å². The van der Waals surface area contributed by atoms with Gasteiger partial charge in [0.1, 0.15) is 6.54 Å². The van der Waals surface area contributed by atoms with Crippen molar-refractivity contribution in [1.29, 1.82) is 0 Å². The zero-order valence-electron chi connectivity index (χ0n) is 10.5. The Morgan fingerprint density at radius 2 is 2.16 bits per heavy atom. The van der Waals surface area contributed by atoms with E-state index in [1.807, 2.05) is 0 Å². The Morgan fingerprint density at radius 1 is 1.47 bits per heavy atom. The van der Waals surface area contributed by atoms with Crippen molar-refractivity contribution in [2.75, 3.05) is 13.7 Å². The van der Waals surface area contributed by atoms with Gasteiger partial charge in [0.25, 0.3) is 5.91 Å². The van der Waals surface area contributed by atoms with Crippen LogP contribution in [0.4, 0.5) is 4.79 Å². The number of carbonyl (C=O) groups excluding carboxylic acids is 2. The molecule has 1 saturated carbocycles. The van der Waals surface area contributed by atoms with Gasteiger partial charge in [-0.25, -0.2) is 14.7 Å². The van der Waals surface area contributed by atoms with Crippen LogP contribution < -0.4 is 5.32 Å². The molecule has 0 radical (unpaired) electrons. The third-order valence-corrected chi connectivity index (χ3v) is 3.51.